The van der Waals surface area contributed by atoms with Crippen molar-refractivity contribution in [2.24, 2.45) is 0 Å². The molecular formula is C23H48O. The number of rotatable bonds is 20. The van der Waals surface area contributed by atoms with Gasteiger partial charge in [0.05, 0.1) is 6.10 Å². The van der Waals surface area contributed by atoms with E-state index in [2.05, 4.69) is 13.8 Å². The molecule has 0 aromatic heterocycles. The van der Waals surface area contributed by atoms with E-state index in [1.165, 1.54) is 122 Å². The Morgan fingerprint density at radius 3 is 1.04 bits per heavy atom. The Kier molecular flexibility index (Phi) is 21.0. The average molecular weight is 341 g/mol. The van der Waals surface area contributed by atoms with Crippen LogP contribution in [0.15, 0.2) is 0 Å². The molecule has 1 nitrogen and oxygen atoms in total. The summed E-state index contributed by atoms with van der Waals surface area (Å²) in [6, 6.07) is 0. The molecule has 0 saturated heterocycles. The second-order valence-corrected chi connectivity index (χ2v) is 7.74. The van der Waals surface area contributed by atoms with Crippen molar-refractivity contribution in [3.05, 3.63) is 0 Å². The fourth-order valence-electron chi connectivity index (χ4n) is 3.57. The zero-order chi connectivity index (χ0) is 17.7. The maximum Gasteiger partial charge on any atom is 0.0571 e. The lowest BCUT2D eigenvalue weighted by Gasteiger charge is -2.15. The zero-order valence-electron chi connectivity index (χ0n) is 17.4. The summed E-state index contributed by atoms with van der Waals surface area (Å²) in [4.78, 5) is 0. The molecule has 0 aromatic rings. The SMILES string of the molecule is CCCCCCCCCCCCC(CCCCCCCCC)OC. The molecule has 146 valence electrons. The van der Waals surface area contributed by atoms with Crippen LogP contribution in [0.1, 0.15) is 136 Å². The van der Waals surface area contributed by atoms with Crippen LogP contribution in [-0.4, -0.2) is 13.2 Å². The van der Waals surface area contributed by atoms with Gasteiger partial charge >= 0.3 is 0 Å². The third-order valence-electron chi connectivity index (χ3n) is 5.34. The number of methoxy groups -OCH3 is 1. The molecule has 0 saturated carbocycles. The second kappa shape index (κ2) is 21.0. The summed E-state index contributed by atoms with van der Waals surface area (Å²) in [6.07, 6.45) is 27.2. The Morgan fingerprint density at radius 1 is 0.458 bits per heavy atom. The van der Waals surface area contributed by atoms with E-state index in [0.717, 1.165) is 0 Å². The third kappa shape index (κ3) is 18.3. The van der Waals surface area contributed by atoms with Crippen LogP contribution in [0.5, 0.6) is 0 Å². The van der Waals surface area contributed by atoms with E-state index in [1.807, 2.05) is 7.11 Å². The number of ether oxygens (including phenoxy) is 1. The Hall–Kier alpha value is -0.0400. The minimum absolute atomic E-state index is 0.523. The molecule has 1 unspecified atom stereocenters. The smallest absolute Gasteiger partial charge is 0.0571 e. The molecule has 24 heavy (non-hydrogen) atoms. The summed E-state index contributed by atoms with van der Waals surface area (Å²) >= 11 is 0. The van der Waals surface area contributed by atoms with Gasteiger partial charge in [0, 0.05) is 7.11 Å². The quantitative estimate of drug-likeness (QED) is 0.202. The first-order valence-electron chi connectivity index (χ1n) is 11.4. The van der Waals surface area contributed by atoms with Crippen LogP contribution in [0.2, 0.25) is 0 Å². The lowest BCUT2D eigenvalue weighted by atomic mass is 10.0. The van der Waals surface area contributed by atoms with Crippen molar-refractivity contribution in [2.75, 3.05) is 7.11 Å². The van der Waals surface area contributed by atoms with Crippen LogP contribution in [0.3, 0.4) is 0 Å². The van der Waals surface area contributed by atoms with Gasteiger partial charge in [-0.25, -0.2) is 0 Å². The molecule has 0 radical (unpaired) electrons. The molecule has 1 atom stereocenters. The van der Waals surface area contributed by atoms with E-state index in [-0.39, 0.29) is 0 Å². The van der Waals surface area contributed by atoms with Gasteiger partial charge in [-0.3, -0.25) is 0 Å². The van der Waals surface area contributed by atoms with Crippen LogP contribution in [-0.2, 0) is 4.74 Å². The third-order valence-corrected chi connectivity index (χ3v) is 5.34. The summed E-state index contributed by atoms with van der Waals surface area (Å²) in [5.74, 6) is 0. The van der Waals surface area contributed by atoms with Gasteiger partial charge in [-0.1, -0.05) is 123 Å². The van der Waals surface area contributed by atoms with E-state index in [9.17, 15) is 0 Å². The summed E-state index contributed by atoms with van der Waals surface area (Å²) in [5.41, 5.74) is 0. The summed E-state index contributed by atoms with van der Waals surface area (Å²) < 4.78 is 5.68. The molecule has 0 aliphatic carbocycles. The second-order valence-electron chi connectivity index (χ2n) is 7.74. The topological polar surface area (TPSA) is 9.23 Å². The first-order valence-corrected chi connectivity index (χ1v) is 11.4. The van der Waals surface area contributed by atoms with Crippen molar-refractivity contribution in [2.45, 2.75) is 142 Å². The van der Waals surface area contributed by atoms with E-state index in [4.69, 9.17) is 4.74 Å². The van der Waals surface area contributed by atoms with Gasteiger partial charge in [0.15, 0.2) is 0 Å². The van der Waals surface area contributed by atoms with E-state index in [1.54, 1.807) is 0 Å². The van der Waals surface area contributed by atoms with Crippen LogP contribution < -0.4 is 0 Å². The molecule has 0 N–H and O–H groups in total. The van der Waals surface area contributed by atoms with Gasteiger partial charge in [-0.05, 0) is 12.8 Å². The lowest BCUT2D eigenvalue weighted by molar-refractivity contribution is 0.0831. The molecule has 0 aliphatic rings. The highest BCUT2D eigenvalue weighted by Crippen LogP contribution is 2.16. The monoisotopic (exact) mass is 340 g/mol. The molecule has 0 aliphatic heterocycles. The fraction of sp³-hybridized carbons (Fsp3) is 1.00. The standard InChI is InChI=1S/C23H48O/c1-4-6-8-10-12-13-14-16-18-20-22-23(24-3)21-19-17-15-11-9-7-5-2/h23H,4-22H2,1-3H3. The highest BCUT2D eigenvalue weighted by molar-refractivity contribution is 4.59. The van der Waals surface area contributed by atoms with Gasteiger partial charge in [0.1, 0.15) is 0 Å². The maximum absolute atomic E-state index is 5.68. The van der Waals surface area contributed by atoms with Gasteiger partial charge in [-0.15, -0.1) is 0 Å². The van der Waals surface area contributed by atoms with Crippen molar-refractivity contribution in [1.29, 1.82) is 0 Å². The molecule has 0 fully saturated rings. The van der Waals surface area contributed by atoms with Crippen molar-refractivity contribution < 1.29 is 4.74 Å². The van der Waals surface area contributed by atoms with Crippen molar-refractivity contribution in [1.82, 2.24) is 0 Å². The highest BCUT2D eigenvalue weighted by atomic mass is 16.5. The summed E-state index contributed by atoms with van der Waals surface area (Å²) in [7, 11) is 1.90. The first-order chi connectivity index (χ1) is 11.8. The van der Waals surface area contributed by atoms with Crippen LogP contribution >= 0.6 is 0 Å². The highest BCUT2D eigenvalue weighted by Gasteiger charge is 2.06. The van der Waals surface area contributed by atoms with Crippen molar-refractivity contribution >= 4 is 0 Å². The Balaban J connectivity index is 3.27. The van der Waals surface area contributed by atoms with E-state index < -0.39 is 0 Å². The molecule has 0 heterocycles. The maximum atomic E-state index is 5.68. The molecule has 0 rings (SSSR count). The molecule has 0 spiro atoms. The van der Waals surface area contributed by atoms with Crippen LogP contribution in [0.25, 0.3) is 0 Å². The molecular weight excluding hydrogens is 292 g/mol. The largest absolute Gasteiger partial charge is 0.381 e. The Labute approximate surface area is 154 Å². The molecule has 0 amide bonds. The Morgan fingerprint density at radius 2 is 0.750 bits per heavy atom. The minimum Gasteiger partial charge on any atom is -0.381 e. The lowest BCUT2D eigenvalue weighted by Crippen LogP contribution is -2.10. The van der Waals surface area contributed by atoms with Gasteiger partial charge in [-0.2, -0.15) is 0 Å². The molecule has 1 heteroatoms. The number of hydrogen-bond donors (Lipinski definition) is 0. The number of unbranched alkanes of at least 4 members (excludes halogenated alkanes) is 15. The molecule has 0 bridgehead atoms. The summed E-state index contributed by atoms with van der Waals surface area (Å²) in [5, 5.41) is 0. The predicted molar refractivity (Wildman–Crippen MR) is 110 cm³/mol. The minimum atomic E-state index is 0.523. The average Bonchev–Trinajstić information content (AvgIpc) is 2.60. The predicted octanol–water partition coefficient (Wildman–Crippen LogP) is 8.45. The van der Waals surface area contributed by atoms with Crippen molar-refractivity contribution in [3.8, 4) is 0 Å². The normalized spacial score (nSPS) is 12.6. The molecule has 0 aromatic carbocycles. The number of hydrogen-bond acceptors (Lipinski definition) is 1. The van der Waals surface area contributed by atoms with Gasteiger partial charge in [0.2, 0.25) is 0 Å². The van der Waals surface area contributed by atoms with Crippen LogP contribution in [0, 0.1) is 0 Å². The van der Waals surface area contributed by atoms with E-state index in [0.29, 0.717) is 6.10 Å². The Bertz CT molecular complexity index is 214. The van der Waals surface area contributed by atoms with E-state index >= 15 is 0 Å². The first kappa shape index (κ1) is 24.0. The fourth-order valence-corrected chi connectivity index (χ4v) is 3.57. The van der Waals surface area contributed by atoms with Gasteiger partial charge in [0.25, 0.3) is 0 Å². The zero-order valence-corrected chi connectivity index (χ0v) is 17.4. The van der Waals surface area contributed by atoms with Gasteiger partial charge < -0.3 is 4.74 Å². The van der Waals surface area contributed by atoms with Crippen molar-refractivity contribution in [3.63, 3.8) is 0 Å². The summed E-state index contributed by atoms with van der Waals surface area (Å²) in [6.45, 7) is 4.58. The van der Waals surface area contributed by atoms with Crippen LogP contribution in [0.4, 0.5) is 0 Å².